The smallest absolute Gasteiger partial charge is 0.325 e. The van der Waals surface area contributed by atoms with Gasteiger partial charge in [0, 0.05) is 12.2 Å². The zero-order valence-electron chi connectivity index (χ0n) is 11.2. The second-order valence-corrected chi connectivity index (χ2v) is 4.68. The Morgan fingerprint density at radius 3 is 2.76 bits per heavy atom. The van der Waals surface area contributed by atoms with Crippen LogP contribution < -0.4 is 5.73 Å². The van der Waals surface area contributed by atoms with Gasteiger partial charge in [-0.15, -0.1) is 0 Å². The van der Waals surface area contributed by atoms with Crippen molar-refractivity contribution in [2.45, 2.75) is 25.1 Å². The average molecular weight is 297 g/mol. The molecule has 1 fully saturated rings. The van der Waals surface area contributed by atoms with Crippen molar-refractivity contribution in [3.05, 3.63) is 29.6 Å². The van der Waals surface area contributed by atoms with Gasteiger partial charge in [0.05, 0.1) is 12.1 Å². The zero-order valence-corrected chi connectivity index (χ0v) is 11.2. The number of nitrogens with two attached hydrogens (primary N) is 1. The highest BCUT2D eigenvalue weighted by Gasteiger charge is 2.41. The van der Waals surface area contributed by atoms with E-state index in [-0.39, 0.29) is 18.3 Å². The summed E-state index contributed by atoms with van der Waals surface area (Å²) in [5.41, 5.74) is 5.50. The molecule has 112 valence electrons. The molecule has 7 heteroatoms. The molecule has 0 bridgehead atoms. The van der Waals surface area contributed by atoms with E-state index < -0.39 is 18.6 Å². The van der Waals surface area contributed by atoms with Crippen LogP contribution in [0.4, 0.5) is 13.2 Å². The van der Waals surface area contributed by atoms with Crippen LogP contribution in [0.2, 0.25) is 0 Å². The first-order chi connectivity index (χ1) is 9.92. The molecule has 0 aliphatic heterocycles. The molecular formula is C14H14F3N3O. The summed E-state index contributed by atoms with van der Waals surface area (Å²) in [6, 6.07) is 2.75. The number of carbonyl (C=O) groups is 1. The van der Waals surface area contributed by atoms with Crippen molar-refractivity contribution in [3.63, 3.8) is 0 Å². The molecule has 0 atom stereocenters. The third-order valence-electron chi connectivity index (χ3n) is 2.93. The molecule has 0 saturated heterocycles. The minimum absolute atomic E-state index is 0.0606. The Kier molecular flexibility index (Phi) is 4.48. The van der Waals surface area contributed by atoms with Gasteiger partial charge in [-0.05, 0) is 25.0 Å². The van der Waals surface area contributed by atoms with Crippen molar-refractivity contribution in [1.29, 1.82) is 0 Å². The molecule has 2 rings (SSSR count). The highest BCUT2D eigenvalue weighted by Crippen LogP contribution is 2.31. The molecule has 1 aromatic rings. The minimum Gasteiger partial charge on any atom is -0.325 e. The molecule has 21 heavy (non-hydrogen) atoms. The summed E-state index contributed by atoms with van der Waals surface area (Å²) < 4.78 is 37.8. The van der Waals surface area contributed by atoms with Gasteiger partial charge in [0.1, 0.15) is 12.2 Å². The third-order valence-corrected chi connectivity index (χ3v) is 2.93. The zero-order chi connectivity index (χ0) is 15.5. The summed E-state index contributed by atoms with van der Waals surface area (Å²) >= 11 is 0. The van der Waals surface area contributed by atoms with E-state index in [1.807, 2.05) is 0 Å². The minimum atomic E-state index is -4.43. The number of rotatable bonds is 3. The van der Waals surface area contributed by atoms with E-state index in [2.05, 4.69) is 16.8 Å². The van der Waals surface area contributed by atoms with Crippen LogP contribution >= 0.6 is 0 Å². The van der Waals surface area contributed by atoms with Crippen molar-refractivity contribution >= 4 is 5.91 Å². The SMILES string of the molecule is NCC#Cc1cccnc1C(=O)N(CC(F)(F)F)C1CC1. The number of amides is 1. The monoisotopic (exact) mass is 297 g/mol. The molecule has 1 aromatic heterocycles. The van der Waals surface area contributed by atoms with Gasteiger partial charge in [-0.3, -0.25) is 4.79 Å². The highest BCUT2D eigenvalue weighted by atomic mass is 19.4. The molecular weight excluding hydrogens is 283 g/mol. The maximum absolute atomic E-state index is 12.6. The maximum Gasteiger partial charge on any atom is 0.406 e. The van der Waals surface area contributed by atoms with Gasteiger partial charge in [-0.1, -0.05) is 11.8 Å². The summed E-state index contributed by atoms with van der Waals surface area (Å²) in [4.78, 5) is 17.1. The molecule has 0 unspecified atom stereocenters. The Morgan fingerprint density at radius 2 is 2.19 bits per heavy atom. The molecule has 0 spiro atoms. The Balaban J connectivity index is 2.29. The summed E-state index contributed by atoms with van der Waals surface area (Å²) in [6.07, 6.45) is -1.91. The van der Waals surface area contributed by atoms with Crippen LogP contribution in [-0.2, 0) is 0 Å². The molecule has 2 N–H and O–H groups in total. The number of carbonyl (C=O) groups excluding carboxylic acids is 1. The van der Waals surface area contributed by atoms with Crippen LogP contribution in [0.15, 0.2) is 18.3 Å². The van der Waals surface area contributed by atoms with Gasteiger partial charge in [-0.25, -0.2) is 4.98 Å². The van der Waals surface area contributed by atoms with Crippen LogP contribution in [0.1, 0.15) is 28.9 Å². The second kappa shape index (κ2) is 6.14. The topological polar surface area (TPSA) is 59.2 Å². The molecule has 1 aliphatic rings. The lowest BCUT2D eigenvalue weighted by Crippen LogP contribution is -2.41. The molecule has 4 nitrogen and oxygen atoms in total. The Labute approximate surface area is 120 Å². The van der Waals surface area contributed by atoms with Crippen molar-refractivity contribution in [2.24, 2.45) is 5.73 Å². The van der Waals surface area contributed by atoms with Gasteiger partial charge in [0.15, 0.2) is 0 Å². The van der Waals surface area contributed by atoms with E-state index in [0.29, 0.717) is 18.4 Å². The first-order valence-corrected chi connectivity index (χ1v) is 6.44. The summed E-state index contributed by atoms with van der Waals surface area (Å²) in [6.45, 7) is -1.17. The fraction of sp³-hybridized carbons (Fsp3) is 0.429. The molecule has 1 saturated carbocycles. The average Bonchev–Trinajstić information content (AvgIpc) is 3.25. The number of nitrogens with zero attached hydrogens (tertiary/aromatic N) is 2. The first kappa shape index (κ1) is 15.3. The van der Waals surface area contributed by atoms with Gasteiger partial charge in [0.2, 0.25) is 0 Å². The number of aromatic nitrogens is 1. The normalized spacial score (nSPS) is 14.3. The number of hydrogen-bond donors (Lipinski definition) is 1. The predicted molar refractivity (Wildman–Crippen MR) is 70.3 cm³/mol. The quantitative estimate of drug-likeness (QED) is 0.861. The standard InChI is InChI=1S/C14H14F3N3O/c15-14(16,17)9-20(11-5-6-11)13(21)12-10(3-1-7-18)4-2-8-19-12/h2,4,8,11H,5-7,9,18H2. The van der Waals surface area contributed by atoms with Crippen LogP contribution in [-0.4, -0.2) is 41.1 Å². The van der Waals surface area contributed by atoms with E-state index in [9.17, 15) is 18.0 Å². The van der Waals surface area contributed by atoms with Gasteiger partial charge >= 0.3 is 6.18 Å². The van der Waals surface area contributed by atoms with Crippen molar-refractivity contribution in [3.8, 4) is 11.8 Å². The summed E-state index contributed by atoms with van der Waals surface area (Å²) in [7, 11) is 0. The summed E-state index contributed by atoms with van der Waals surface area (Å²) in [5.74, 6) is 4.50. The largest absolute Gasteiger partial charge is 0.406 e. The van der Waals surface area contributed by atoms with Gasteiger partial charge in [-0.2, -0.15) is 13.2 Å². The number of pyridine rings is 1. The highest BCUT2D eigenvalue weighted by molar-refractivity contribution is 5.95. The van der Waals surface area contributed by atoms with E-state index >= 15 is 0 Å². The van der Waals surface area contributed by atoms with Gasteiger partial charge < -0.3 is 10.6 Å². The second-order valence-electron chi connectivity index (χ2n) is 4.68. The number of alkyl halides is 3. The van der Waals surface area contributed by atoms with Crippen molar-refractivity contribution < 1.29 is 18.0 Å². The van der Waals surface area contributed by atoms with Crippen LogP contribution in [0.5, 0.6) is 0 Å². The van der Waals surface area contributed by atoms with E-state index in [1.54, 1.807) is 12.1 Å². The Hall–Kier alpha value is -2.07. The van der Waals surface area contributed by atoms with Crippen molar-refractivity contribution in [2.75, 3.05) is 13.1 Å². The molecule has 0 aromatic carbocycles. The molecule has 0 radical (unpaired) electrons. The summed E-state index contributed by atoms with van der Waals surface area (Å²) in [5, 5.41) is 0. The van der Waals surface area contributed by atoms with Gasteiger partial charge in [0.25, 0.3) is 5.91 Å². The predicted octanol–water partition coefficient (Wildman–Crippen LogP) is 1.56. The van der Waals surface area contributed by atoms with Crippen LogP contribution in [0.3, 0.4) is 0 Å². The fourth-order valence-corrected chi connectivity index (χ4v) is 1.90. The molecule has 1 amide bonds. The van der Waals surface area contributed by atoms with E-state index in [4.69, 9.17) is 5.73 Å². The lowest BCUT2D eigenvalue weighted by Gasteiger charge is -2.23. The van der Waals surface area contributed by atoms with Crippen LogP contribution in [0, 0.1) is 11.8 Å². The van der Waals surface area contributed by atoms with E-state index in [0.717, 1.165) is 4.90 Å². The lowest BCUT2D eigenvalue weighted by atomic mass is 10.1. The number of halogens is 3. The van der Waals surface area contributed by atoms with E-state index in [1.165, 1.54) is 6.20 Å². The Morgan fingerprint density at radius 1 is 1.48 bits per heavy atom. The molecule has 1 aliphatic carbocycles. The number of hydrogen-bond acceptors (Lipinski definition) is 3. The Bertz CT molecular complexity index is 585. The maximum atomic E-state index is 12.6. The fourth-order valence-electron chi connectivity index (χ4n) is 1.90. The lowest BCUT2D eigenvalue weighted by molar-refractivity contribution is -0.141. The molecule has 1 heterocycles. The first-order valence-electron chi connectivity index (χ1n) is 6.44. The van der Waals surface area contributed by atoms with Crippen LogP contribution in [0.25, 0.3) is 0 Å². The van der Waals surface area contributed by atoms with Crippen molar-refractivity contribution in [1.82, 2.24) is 9.88 Å². The third kappa shape index (κ3) is 4.20.